The van der Waals surface area contributed by atoms with Gasteiger partial charge in [0.1, 0.15) is 0 Å². The van der Waals surface area contributed by atoms with Gasteiger partial charge in [0.2, 0.25) is 5.91 Å². The van der Waals surface area contributed by atoms with Crippen LogP contribution in [-0.4, -0.2) is 37.1 Å². The molecule has 23 heavy (non-hydrogen) atoms. The SMILES string of the molecule is O=C(N1CC2CCCC2C1)C1(c2cccc(Cl)c2)CCOCC1. The van der Waals surface area contributed by atoms with Crippen LogP contribution in [0.1, 0.15) is 37.7 Å². The molecule has 1 aliphatic carbocycles. The third-order valence-corrected chi connectivity index (χ3v) is 6.38. The van der Waals surface area contributed by atoms with Crippen LogP contribution in [0.5, 0.6) is 0 Å². The molecule has 2 saturated heterocycles. The van der Waals surface area contributed by atoms with Crippen molar-refractivity contribution >= 4 is 17.5 Å². The summed E-state index contributed by atoms with van der Waals surface area (Å²) in [6.07, 6.45) is 5.45. The lowest BCUT2D eigenvalue weighted by molar-refractivity contribution is -0.140. The molecule has 1 aromatic rings. The van der Waals surface area contributed by atoms with E-state index in [9.17, 15) is 4.79 Å². The molecule has 0 spiro atoms. The Labute approximate surface area is 142 Å². The maximum absolute atomic E-state index is 13.5. The number of carbonyl (C=O) groups is 1. The first-order valence-electron chi connectivity index (χ1n) is 8.82. The summed E-state index contributed by atoms with van der Waals surface area (Å²) in [7, 11) is 0. The quantitative estimate of drug-likeness (QED) is 0.826. The van der Waals surface area contributed by atoms with Crippen molar-refractivity contribution in [3.8, 4) is 0 Å². The highest BCUT2D eigenvalue weighted by Gasteiger charge is 2.47. The van der Waals surface area contributed by atoms with E-state index >= 15 is 0 Å². The van der Waals surface area contributed by atoms with Gasteiger partial charge in [-0.3, -0.25) is 4.79 Å². The van der Waals surface area contributed by atoms with Crippen molar-refractivity contribution in [1.29, 1.82) is 0 Å². The van der Waals surface area contributed by atoms with E-state index in [1.165, 1.54) is 19.3 Å². The first-order chi connectivity index (χ1) is 11.2. The van der Waals surface area contributed by atoms with Gasteiger partial charge in [-0.05, 0) is 55.2 Å². The third kappa shape index (κ3) is 2.68. The second-order valence-electron chi connectivity index (χ2n) is 7.37. The normalized spacial score (nSPS) is 29.5. The predicted molar refractivity (Wildman–Crippen MR) is 90.6 cm³/mol. The summed E-state index contributed by atoms with van der Waals surface area (Å²) in [6, 6.07) is 7.87. The number of nitrogens with zero attached hydrogens (tertiary/aromatic N) is 1. The van der Waals surface area contributed by atoms with Gasteiger partial charge in [0, 0.05) is 31.3 Å². The maximum atomic E-state index is 13.5. The minimum absolute atomic E-state index is 0.303. The molecule has 0 bridgehead atoms. The van der Waals surface area contributed by atoms with E-state index in [0.717, 1.165) is 43.3 Å². The highest BCUT2D eigenvalue weighted by atomic mass is 35.5. The van der Waals surface area contributed by atoms with Crippen LogP contribution in [0, 0.1) is 11.8 Å². The van der Waals surface area contributed by atoms with Gasteiger partial charge >= 0.3 is 0 Å². The largest absolute Gasteiger partial charge is 0.381 e. The van der Waals surface area contributed by atoms with Crippen LogP contribution in [0.4, 0.5) is 0 Å². The fourth-order valence-corrected chi connectivity index (χ4v) is 5.03. The first kappa shape index (κ1) is 15.5. The molecular weight excluding hydrogens is 310 g/mol. The summed E-state index contributed by atoms with van der Waals surface area (Å²) >= 11 is 6.21. The number of ether oxygens (including phenoxy) is 1. The van der Waals surface area contributed by atoms with Gasteiger partial charge in [0.05, 0.1) is 5.41 Å². The molecule has 3 nitrogen and oxygen atoms in total. The number of hydrogen-bond acceptors (Lipinski definition) is 2. The predicted octanol–water partition coefficient (Wildman–Crippen LogP) is 3.65. The number of hydrogen-bond donors (Lipinski definition) is 0. The monoisotopic (exact) mass is 333 g/mol. The molecule has 0 N–H and O–H groups in total. The zero-order valence-corrected chi connectivity index (χ0v) is 14.2. The highest BCUT2D eigenvalue weighted by Crippen LogP contribution is 2.42. The summed E-state index contributed by atoms with van der Waals surface area (Å²) < 4.78 is 5.56. The molecule has 4 rings (SSSR count). The second-order valence-corrected chi connectivity index (χ2v) is 7.80. The Bertz CT molecular complexity index is 585. The van der Waals surface area contributed by atoms with Crippen molar-refractivity contribution in [2.24, 2.45) is 11.8 Å². The van der Waals surface area contributed by atoms with E-state index in [4.69, 9.17) is 16.3 Å². The summed E-state index contributed by atoms with van der Waals surface area (Å²) in [5.41, 5.74) is 0.622. The molecule has 2 unspecified atom stereocenters. The van der Waals surface area contributed by atoms with Crippen molar-refractivity contribution in [3.63, 3.8) is 0 Å². The minimum atomic E-state index is -0.443. The fraction of sp³-hybridized carbons (Fsp3) is 0.632. The highest BCUT2D eigenvalue weighted by molar-refractivity contribution is 6.30. The van der Waals surface area contributed by atoms with Crippen LogP contribution in [-0.2, 0) is 14.9 Å². The Morgan fingerprint density at radius 3 is 2.52 bits per heavy atom. The molecule has 1 amide bonds. The number of fused-ring (bicyclic) bond motifs is 1. The molecule has 3 aliphatic rings. The lowest BCUT2D eigenvalue weighted by Crippen LogP contribution is -2.49. The molecule has 0 radical (unpaired) electrons. The molecule has 1 saturated carbocycles. The smallest absolute Gasteiger partial charge is 0.233 e. The number of carbonyl (C=O) groups excluding carboxylic acids is 1. The van der Waals surface area contributed by atoms with Crippen molar-refractivity contribution in [3.05, 3.63) is 34.9 Å². The lowest BCUT2D eigenvalue weighted by Gasteiger charge is -2.39. The van der Waals surface area contributed by atoms with Crippen LogP contribution in [0.3, 0.4) is 0 Å². The van der Waals surface area contributed by atoms with Gasteiger partial charge in [0.25, 0.3) is 0 Å². The van der Waals surface area contributed by atoms with Crippen molar-refractivity contribution < 1.29 is 9.53 Å². The molecule has 124 valence electrons. The second kappa shape index (κ2) is 6.10. The molecule has 1 aromatic carbocycles. The number of benzene rings is 1. The molecular formula is C19H24ClNO2. The molecule has 2 aliphatic heterocycles. The van der Waals surface area contributed by atoms with Gasteiger partial charge in [-0.1, -0.05) is 30.2 Å². The zero-order valence-electron chi connectivity index (χ0n) is 13.5. The third-order valence-electron chi connectivity index (χ3n) is 6.15. The van der Waals surface area contributed by atoms with E-state index in [0.29, 0.717) is 24.1 Å². The zero-order chi connectivity index (χ0) is 15.9. The van der Waals surface area contributed by atoms with Crippen molar-refractivity contribution in [2.75, 3.05) is 26.3 Å². The van der Waals surface area contributed by atoms with Crippen molar-refractivity contribution in [1.82, 2.24) is 4.90 Å². The number of likely N-dealkylation sites (tertiary alicyclic amines) is 1. The van der Waals surface area contributed by atoms with Gasteiger partial charge in [-0.2, -0.15) is 0 Å². The van der Waals surface area contributed by atoms with E-state index < -0.39 is 5.41 Å². The van der Waals surface area contributed by atoms with Crippen LogP contribution in [0.15, 0.2) is 24.3 Å². The average Bonchev–Trinajstić information content (AvgIpc) is 3.16. The number of rotatable bonds is 2. The number of amides is 1. The average molecular weight is 334 g/mol. The van der Waals surface area contributed by atoms with Crippen LogP contribution in [0.25, 0.3) is 0 Å². The molecule has 2 heterocycles. The summed E-state index contributed by atoms with van der Waals surface area (Å²) in [5, 5.41) is 0.708. The molecule has 0 aromatic heterocycles. The summed E-state index contributed by atoms with van der Waals surface area (Å²) in [4.78, 5) is 15.6. The fourth-order valence-electron chi connectivity index (χ4n) is 4.84. The molecule has 4 heteroatoms. The Morgan fingerprint density at radius 1 is 1.17 bits per heavy atom. The van der Waals surface area contributed by atoms with Gasteiger partial charge in [-0.15, -0.1) is 0 Å². The summed E-state index contributed by atoms with van der Waals surface area (Å²) in [6.45, 7) is 3.21. The van der Waals surface area contributed by atoms with Crippen molar-refractivity contribution in [2.45, 2.75) is 37.5 Å². The lowest BCUT2D eigenvalue weighted by atomic mass is 9.73. The first-order valence-corrected chi connectivity index (χ1v) is 9.20. The van der Waals surface area contributed by atoms with E-state index in [-0.39, 0.29) is 0 Å². The van der Waals surface area contributed by atoms with E-state index in [1.807, 2.05) is 18.2 Å². The van der Waals surface area contributed by atoms with E-state index in [1.54, 1.807) is 0 Å². The van der Waals surface area contributed by atoms with Gasteiger partial charge in [0.15, 0.2) is 0 Å². The molecule has 3 fully saturated rings. The van der Waals surface area contributed by atoms with Gasteiger partial charge in [-0.25, -0.2) is 0 Å². The molecule has 2 atom stereocenters. The van der Waals surface area contributed by atoms with Crippen LogP contribution in [0.2, 0.25) is 5.02 Å². The van der Waals surface area contributed by atoms with Crippen LogP contribution >= 0.6 is 11.6 Å². The number of halogens is 1. The van der Waals surface area contributed by atoms with E-state index in [2.05, 4.69) is 11.0 Å². The van der Waals surface area contributed by atoms with Crippen LogP contribution < -0.4 is 0 Å². The van der Waals surface area contributed by atoms with Gasteiger partial charge < -0.3 is 9.64 Å². The standard InChI is InChI=1S/C19H24ClNO2/c20-17-6-2-5-16(11-17)19(7-9-23-10-8-19)18(22)21-12-14-3-1-4-15(14)13-21/h2,5-6,11,14-15H,1,3-4,7-10,12-13H2. The topological polar surface area (TPSA) is 29.5 Å². The Kier molecular flexibility index (Phi) is 4.10. The Balaban J connectivity index is 1.64. The minimum Gasteiger partial charge on any atom is -0.381 e. The Hall–Kier alpha value is -1.06. The Morgan fingerprint density at radius 2 is 1.87 bits per heavy atom. The maximum Gasteiger partial charge on any atom is 0.233 e. The summed E-state index contributed by atoms with van der Waals surface area (Å²) in [5.74, 6) is 1.77.